The second kappa shape index (κ2) is 7.43. The van der Waals surface area contributed by atoms with Crippen LogP contribution in [0, 0.1) is 23.7 Å². The molecule has 2 aliphatic carbocycles. The van der Waals surface area contributed by atoms with Gasteiger partial charge >= 0.3 is 0 Å². The van der Waals surface area contributed by atoms with Crippen molar-refractivity contribution in [1.29, 1.82) is 0 Å². The van der Waals surface area contributed by atoms with Gasteiger partial charge < -0.3 is 0 Å². The first-order chi connectivity index (χ1) is 12.9. The van der Waals surface area contributed by atoms with Crippen LogP contribution in [0.1, 0.15) is 22.3 Å². The summed E-state index contributed by atoms with van der Waals surface area (Å²) >= 11 is 0. The molecule has 0 heterocycles. The summed E-state index contributed by atoms with van der Waals surface area (Å²) in [7, 11) is 0. The Morgan fingerprint density at radius 2 is 0.731 bits per heavy atom. The van der Waals surface area contributed by atoms with Crippen molar-refractivity contribution < 1.29 is 0 Å². The van der Waals surface area contributed by atoms with Crippen molar-refractivity contribution in [2.24, 2.45) is 0 Å². The molecule has 0 bridgehead atoms. The van der Waals surface area contributed by atoms with E-state index in [9.17, 15) is 0 Å². The van der Waals surface area contributed by atoms with Gasteiger partial charge in [0.2, 0.25) is 0 Å². The molecule has 26 heavy (non-hydrogen) atoms. The minimum atomic E-state index is 1.00. The quantitative estimate of drug-likeness (QED) is 0.369. The topological polar surface area (TPSA) is 0 Å². The fraction of sp³-hybridized carbons (Fsp3) is 0. The predicted octanol–water partition coefficient (Wildman–Crippen LogP) is 5.59. The zero-order valence-corrected chi connectivity index (χ0v) is 14.2. The van der Waals surface area contributed by atoms with Crippen LogP contribution in [0.25, 0.3) is 11.1 Å². The second-order valence-corrected chi connectivity index (χ2v) is 6.01. The molecule has 0 nitrogen and oxygen atoms in total. The molecule has 0 saturated heterocycles. The minimum absolute atomic E-state index is 1.00. The van der Waals surface area contributed by atoms with E-state index < -0.39 is 0 Å². The van der Waals surface area contributed by atoms with E-state index in [2.05, 4.69) is 60.1 Å². The zero-order valence-electron chi connectivity index (χ0n) is 14.2. The highest BCUT2D eigenvalue weighted by Crippen LogP contribution is 2.25. The van der Waals surface area contributed by atoms with Gasteiger partial charge in [0.05, 0.1) is 0 Å². The average Bonchev–Trinajstić information content (AvgIpc) is 3.00. The molecule has 120 valence electrons. The van der Waals surface area contributed by atoms with E-state index in [0.717, 1.165) is 22.3 Å². The summed E-state index contributed by atoms with van der Waals surface area (Å²) in [6, 6.07) is 32.7. The Bertz CT molecular complexity index is 1030. The highest BCUT2D eigenvalue weighted by Gasteiger charge is 2.03. The van der Waals surface area contributed by atoms with Crippen LogP contribution in [-0.4, -0.2) is 0 Å². The van der Waals surface area contributed by atoms with Gasteiger partial charge in [-0.05, 0) is 59.7 Å². The first-order valence-corrected chi connectivity index (χ1v) is 8.55. The molecule has 2 aromatic rings. The van der Waals surface area contributed by atoms with Crippen molar-refractivity contribution in [2.75, 3.05) is 0 Å². The number of benzene rings is 2. The van der Waals surface area contributed by atoms with Gasteiger partial charge in [0.25, 0.3) is 0 Å². The third-order valence-corrected chi connectivity index (χ3v) is 4.09. The lowest BCUT2D eigenvalue weighted by Gasteiger charge is -1.86. The Labute approximate surface area is 154 Å². The van der Waals surface area contributed by atoms with Crippen molar-refractivity contribution in [3.63, 3.8) is 0 Å². The lowest BCUT2D eigenvalue weighted by molar-refractivity contribution is 1.64. The summed E-state index contributed by atoms with van der Waals surface area (Å²) in [6.45, 7) is 0. The average molecular weight is 328 g/mol. The van der Waals surface area contributed by atoms with E-state index in [-0.39, 0.29) is 0 Å². The second-order valence-electron chi connectivity index (χ2n) is 6.01. The molecule has 2 aliphatic rings. The van der Waals surface area contributed by atoms with Gasteiger partial charge in [-0.15, -0.1) is 0 Å². The van der Waals surface area contributed by atoms with Crippen molar-refractivity contribution in [1.82, 2.24) is 0 Å². The molecule has 0 aromatic heterocycles. The van der Waals surface area contributed by atoms with Gasteiger partial charge in [-0.1, -0.05) is 72.2 Å². The van der Waals surface area contributed by atoms with Crippen LogP contribution in [0.15, 0.2) is 97.1 Å². The summed E-state index contributed by atoms with van der Waals surface area (Å²) < 4.78 is 0. The molecule has 0 N–H and O–H groups in total. The Hall–Kier alpha value is -3.74. The molecule has 0 unspecified atom stereocenters. The van der Waals surface area contributed by atoms with Gasteiger partial charge in [0.1, 0.15) is 0 Å². The maximum atomic E-state index is 3.24. The number of hydrogen-bond donors (Lipinski definition) is 0. The lowest BCUT2D eigenvalue weighted by atomic mass is 10.2. The van der Waals surface area contributed by atoms with Gasteiger partial charge in [-0.25, -0.2) is 0 Å². The van der Waals surface area contributed by atoms with E-state index in [1.165, 1.54) is 11.1 Å². The van der Waals surface area contributed by atoms with Crippen LogP contribution in [0.2, 0.25) is 0 Å². The fourth-order valence-electron chi connectivity index (χ4n) is 2.73. The minimum Gasteiger partial charge on any atom is -0.0622 e. The maximum absolute atomic E-state index is 3.24. The summed E-state index contributed by atoms with van der Waals surface area (Å²) in [6.07, 6.45) is 0. The molecule has 2 aromatic carbocycles. The lowest BCUT2D eigenvalue weighted by Crippen LogP contribution is -1.72. The van der Waals surface area contributed by atoms with E-state index in [1.807, 2.05) is 60.7 Å². The van der Waals surface area contributed by atoms with Crippen LogP contribution in [0.5, 0.6) is 0 Å². The third-order valence-electron chi connectivity index (χ3n) is 4.09. The summed E-state index contributed by atoms with van der Waals surface area (Å²) in [5, 5.41) is 0. The maximum Gasteiger partial charge on any atom is 0.0261 e. The van der Waals surface area contributed by atoms with Gasteiger partial charge in [-0.3, -0.25) is 0 Å². The summed E-state index contributed by atoms with van der Waals surface area (Å²) in [4.78, 5) is 0. The zero-order chi connectivity index (χ0) is 17.6. The van der Waals surface area contributed by atoms with Crippen LogP contribution in [0.4, 0.5) is 0 Å². The van der Waals surface area contributed by atoms with Crippen LogP contribution < -0.4 is 0 Å². The Morgan fingerprint density at radius 1 is 0.346 bits per heavy atom. The number of hydrogen-bond acceptors (Lipinski definition) is 0. The molecule has 0 aliphatic heterocycles. The normalized spacial score (nSPS) is 9.69. The standard InChI is InChI=1S/C26H16/c1-3-7-21(8-4-1)11-12-23-15-17-25-19-24(20-26(25)18-16-23)14-13-22-9-5-2-6-10-22/h1-10,15-20H. The molecule has 0 heteroatoms. The van der Waals surface area contributed by atoms with Crippen molar-refractivity contribution >= 4 is 0 Å². The molecule has 0 saturated carbocycles. The van der Waals surface area contributed by atoms with E-state index in [0.29, 0.717) is 0 Å². The van der Waals surface area contributed by atoms with E-state index in [1.54, 1.807) is 0 Å². The van der Waals surface area contributed by atoms with Crippen LogP contribution in [0.3, 0.4) is 0 Å². The summed E-state index contributed by atoms with van der Waals surface area (Å²) in [5.41, 5.74) is 6.44. The molecule has 0 spiro atoms. The van der Waals surface area contributed by atoms with Crippen molar-refractivity contribution in [3.8, 4) is 34.8 Å². The summed E-state index contributed by atoms with van der Waals surface area (Å²) in [5.74, 6) is 12.9. The predicted molar refractivity (Wildman–Crippen MR) is 108 cm³/mol. The van der Waals surface area contributed by atoms with E-state index in [4.69, 9.17) is 0 Å². The molecule has 0 fully saturated rings. The highest BCUT2D eigenvalue weighted by molar-refractivity contribution is 5.71. The molecule has 0 atom stereocenters. The molecule has 0 radical (unpaired) electrons. The fourth-order valence-corrected chi connectivity index (χ4v) is 2.73. The van der Waals surface area contributed by atoms with Gasteiger partial charge in [-0.2, -0.15) is 0 Å². The van der Waals surface area contributed by atoms with Gasteiger partial charge in [0.15, 0.2) is 0 Å². The van der Waals surface area contributed by atoms with Crippen LogP contribution in [-0.2, 0) is 0 Å². The van der Waals surface area contributed by atoms with E-state index >= 15 is 0 Å². The van der Waals surface area contributed by atoms with Crippen molar-refractivity contribution in [3.05, 3.63) is 119 Å². The Balaban J connectivity index is 1.60. The van der Waals surface area contributed by atoms with Gasteiger partial charge in [0, 0.05) is 22.3 Å². The largest absolute Gasteiger partial charge is 0.0622 e. The number of fused-ring (bicyclic) bond motifs is 1. The van der Waals surface area contributed by atoms with Crippen LogP contribution >= 0.6 is 0 Å². The monoisotopic (exact) mass is 328 g/mol. The Morgan fingerprint density at radius 3 is 1.19 bits per heavy atom. The van der Waals surface area contributed by atoms with Crippen molar-refractivity contribution in [2.45, 2.75) is 0 Å². The smallest absolute Gasteiger partial charge is 0.0261 e. The highest BCUT2D eigenvalue weighted by atomic mass is 14.1. The molecule has 4 rings (SSSR count). The first kappa shape index (κ1) is 15.8. The Kier molecular flexibility index (Phi) is 4.51. The number of rotatable bonds is 0. The SMILES string of the molecule is C(#Cc1ccc2cc(C#Cc3ccccc3)cc-2cc1)c1ccccc1. The third kappa shape index (κ3) is 3.84. The molecule has 0 amide bonds. The molecular weight excluding hydrogens is 312 g/mol. The first-order valence-electron chi connectivity index (χ1n) is 8.55. The molecular formula is C26H16.